The largest absolute Gasteiger partial charge is 0.481 e. The first-order chi connectivity index (χ1) is 10.2. The summed E-state index contributed by atoms with van der Waals surface area (Å²) < 4.78 is 0. The van der Waals surface area contributed by atoms with E-state index < -0.39 is 5.97 Å². The molecule has 0 saturated carbocycles. The van der Waals surface area contributed by atoms with E-state index in [0.717, 1.165) is 51.4 Å². The Morgan fingerprint density at radius 3 is 2.27 bits per heavy atom. The fourth-order valence-corrected chi connectivity index (χ4v) is 2.36. The highest BCUT2D eigenvalue weighted by atomic mass is 16.4. The van der Waals surface area contributed by atoms with Crippen molar-refractivity contribution in [1.82, 2.24) is 6.15 Å². The maximum atomic E-state index is 10.3. The molecule has 0 aromatic heterocycles. The summed E-state index contributed by atoms with van der Waals surface area (Å²) in [4.78, 5) is 10.3. The Kier molecular flexibility index (Phi) is 19.3. The zero-order valence-corrected chi connectivity index (χ0v) is 14.4. The third-order valence-corrected chi connectivity index (χ3v) is 3.73. The minimum atomic E-state index is -0.689. The molecule has 0 spiro atoms. The molecule has 0 aliphatic carbocycles. The fraction of sp³-hybridized carbons (Fsp3) is 0.833. The lowest BCUT2D eigenvalue weighted by molar-refractivity contribution is -0.137. The second-order valence-corrected chi connectivity index (χ2v) is 5.91. The normalized spacial score (nSPS) is 12.3. The summed E-state index contributed by atoms with van der Waals surface area (Å²) in [6.07, 6.45) is 17.4. The van der Waals surface area contributed by atoms with Crippen LogP contribution in [0.25, 0.3) is 0 Å². The molecule has 5 N–H and O–H groups in total. The maximum absolute atomic E-state index is 10.3. The van der Waals surface area contributed by atoms with Gasteiger partial charge in [0, 0.05) is 6.42 Å². The molecule has 22 heavy (non-hydrogen) atoms. The van der Waals surface area contributed by atoms with Crippen molar-refractivity contribution in [2.45, 2.75) is 96.5 Å². The summed E-state index contributed by atoms with van der Waals surface area (Å²) in [5.74, 6) is -0.689. The number of carbonyl (C=O) groups is 1. The first-order valence-corrected chi connectivity index (χ1v) is 8.71. The van der Waals surface area contributed by atoms with Crippen LogP contribution in [0.1, 0.15) is 90.4 Å². The van der Waals surface area contributed by atoms with E-state index in [1.54, 1.807) is 0 Å². The van der Waals surface area contributed by atoms with Crippen molar-refractivity contribution in [2.24, 2.45) is 0 Å². The zero-order chi connectivity index (χ0) is 15.8. The molecule has 0 unspecified atom stereocenters. The van der Waals surface area contributed by atoms with E-state index in [0.29, 0.717) is 6.42 Å². The Bertz CT molecular complexity index is 267. The minimum Gasteiger partial charge on any atom is -0.481 e. The summed E-state index contributed by atoms with van der Waals surface area (Å²) in [5, 5.41) is 18.3. The van der Waals surface area contributed by atoms with Gasteiger partial charge in [-0.2, -0.15) is 0 Å². The second-order valence-electron chi connectivity index (χ2n) is 5.91. The molecule has 0 fully saturated rings. The SMILES string of the molecule is CCCCCC[C@@H](O)C/C=C\CCCCCCCC(=O)O.N. The van der Waals surface area contributed by atoms with Crippen LogP contribution < -0.4 is 6.15 Å². The van der Waals surface area contributed by atoms with Crippen molar-refractivity contribution in [3.05, 3.63) is 12.2 Å². The molecule has 0 saturated heterocycles. The zero-order valence-electron chi connectivity index (χ0n) is 14.4. The Morgan fingerprint density at radius 1 is 0.955 bits per heavy atom. The Hall–Kier alpha value is -0.870. The second kappa shape index (κ2) is 18.2. The number of carboxylic acids is 1. The van der Waals surface area contributed by atoms with E-state index in [1.165, 1.54) is 25.7 Å². The van der Waals surface area contributed by atoms with Crippen LogP contribution >= 0.6 is 0 Å². The van der Waals surface area contributed by atoms with E-state index in [4.69, 9.17) is 5.11 Å². The Labute approximate surface area is 136 Å². The van der Waals surface area contributed by atoms with Crippen LogP contribution in [0.15, 0.2) is 12.2 Å². The van der Waals surface area contributed by atoms with Crippen LogP contribution in [0.3, 0.4) is 0 Å². The van der Waals surface area contributed by atoms with Gasteiger partial charge in [0.2, 0.25) is 0 Å². The van der Waals surface area contributed by atoms with Gasteiger partial charge in [0.25, 0.3) is 0 Å². The van der Waals surface area contributed by atoms with E-state index in [-0.39, 0.29) is 12.3 Å². The average molecular weight is 315 g/mol. The molecule has 0 rings (SSSR count). The number of aliphatic hydroxyl groups is 1. The van der Waals surface area contributed by atoms with Crippen LogP contribution in [0.5, 0.6) is 0 Å². The molecule has 1 atom stereocenters. The van der Waals surface area contributed by atoms with Crippen molar-refractivity contribution in [3.63, 3.8) is 0 Å². The van der Waals surface area contributed by atoms with Crippen molar-refractivity contribution in [3.8, 4) is 0 Å². The quantitative estimate of drug-likeness (QED) is 0.284. The molecular weight excluding hydrogens is 278 g/mol. The minimum absolute atomic E-state index is 0. The van der Waals surface area contributed by atoms with Crippen molar-refractivity contribution in [2.75, 3.05) is 0 Å². The number of hydrogen-bond acceptors (Lipinski definition) is 3. The molecular formula is C18H37NO3. The lowest BCUT2D eigenvalue weighted by atomic mass is 10.1. The number of aliphatic carboxylic acids is 1. The van der Waals surface area contributed by atoms with Crippen LogP contribution in [0.2, 0.25) is 0 Å². The van der Waals surface area contributed by atoms with Gasteiger partial charge in [0.15, 0.2) is 0 Å². The number of rotatable bonds is 15. The van der Waals surface area contributed by atoms with Crippen LogP contribution in [0.4, 0.5) is 0 Å². The summed E-state index contributed by atoms with van der Waals surface area (Å²) in [7, 11) is 0. The Balaban J connectivity index is 0. The van der Waals surface area contributed by atoms with E-state index in [2.05, 4.69) is 19.1 Å². The summed E-state index contributed by atoms with van der Waals surface area (Å²) in [6, 6.07) is 0. The number of carboxylic acid groups (broad SMARTS) is 1. The van der Waals surface area contributed by atoms with Crippen LogP contribution in [-0.4, -0.2) is 22.3 Å². The third kappa shape index (κ3) is 19.1. The predicted molar refractivity (Wildman–Crippen MR) is 93.5 cm³/mol. The average Bonchev–Trinajstić information content (AvgIpc) is 2.45. The highest BCUT2D eigenvalue weighted by Gasteiger charge is 2.00. The van der Waals surface area contributed by atoms with Gasteiger partial charge >= 0.3 is 5.97 Å². The molecule has 4 heteroatoms. The number of hydrogen-bond donors (Lipinski definition) is 3. The maximum Gasteiger partial charge on any atom is 0.303 e. The van der Waals surface area contributed by atoms with Crippen molar-refractivity contribution >= 4 is 5.97 Å². The van der Waals surface area contributed by atoms with Gasteiger partial charge in [0.1, 0.15) is 0 Å². The predicted octanol–water partition coefficient (Wildman–Crippen LogP) is 5.24. The van der Waals surface area contributed by atoms with Gasteiger partial charge in [0.05, 0.1) is 6.10 Å². The molecule has 0 aromatic carbocycles. The van der Waals surface area contributed by atoms with Gasteiger partial charge in [-0.1, -0.05) is 64.0 Å². The number of unbranched alkanes of at least 4 members (excludes halogenated alkanes) is 8. The summed E-state index contributed by atoms with van der Waals surface area (Å²) in [5.41, 5.74) is 0. The molecule has 0 radical (unpaired) electrons. The van der Waals surface area contributed by atoms with Crippen LogP contribution in [0, 0.1) is 0 Å². The Morgan fingerprint density at radius 2 is 1.59 bits per heavy atom. The molecule has 0 aliphatic heterocycles. The summed E-state index contributed by atoms with van der Waals surface area (Å²) in [6.45, 7) is 2.20. The summed E-state index contributed by atoms with van der Waals surface area (Å²) >= 11 is 0. The molecule has 0 heterocycles. The van der Waals surface area contributed by atoms with Gasteiger partial charge in [-0.3, -0.25) is 4.79 Å². The highest BCUT2D eigenvalue weighted by molar-refractivity contribution is 5.66. The molecule has 0 aromatic rings. The topological polar surface area (TPSA) is 92.5 Å². The van der Waals surface area contributed by atoms with Gasteiger partial charge < -0.3 is 16.4 Å². The number of aliphatic hydroxyl groups excluding tert-OH is 1. The van der Waals surface area contributed by atoms with E-state index >= 15 is 0 Å². The van der Waals surface area contributed by atoms with Gasteiger partial charge in [-0.15, -0.1) is 0 Å². The molecule has 0 aliphatic rings. The molecule has 0 bridgehead atoms. The first-order valence-electron chi connectivity index (χ1n) is 8.71. The number of allylic oxidation sites excluding steroid dienone is 1. The monoisotopic (exact) mass is 315 g/mol. The standard InChI is InChI=1S/C18H34O3.H3N/c1-2-3-4-11-14-17(19)15-12-9-7-5-6-8-10-13-16-18(20)21;/h9,12,17,19H,2-8,10-11,13-16H2,1H3,(H,20,21);1H3/b12-9-;/t17-;/m1./s1. The van der Waals surface area contributed by atoms with Crippen molar-refractivity contribution in [1.29, 1.82) is 0 Å². The van der Waals surface area contributed by atoms with Gasteiger partial charge in [-0.05, 0) is 32.1 Å². The molecule has 4 nitrogen and oxygen atoms in total. The fourth-order valence-electron chi connectivity index (χ4n) is 2.36. The van der Waals surface area contributed by atoms with Crippen molar-refractivity contribution < 1.29 is 15.0 Å². The van der Waals surface area contributed by atoms with Gasteiger partial charge in [-0.25, -0.2) is 0 Å². The molecule has 132 valence electrons. The first kappa shape index (κ1) is 23.4. The lowest BCUT2D eigenvalue weighted by Crippen LogP contribution is -2.04. The van der Waals surface area contributed by atoms with E-state index in [9.17, 15) is 9.90 Å². The third-order valence-electron chi connectivity index (χ3n) is 3.73. The van der Waals surface area contributed by atoms with E-state index in [1.807, 2.05) is 0 Å². The molecule has 0 amide bonds. The van der Waals surface area contributed by atoms with Crippen LogP contribution in [-0.2, 0) is 4.79 Å². The highest BCUT2D eigenvalue weighted by Crippen LogP contribution is 2.10. The smallest absolute Gasteiger partial charge is 0.303 e. The lowest BCUT2D eigenvalue weighted by Gasteiger charge is -2.07.